The predicted octanol–water partition coefficient (Wildman–Crippen LogP) is 2.72. The molecule has 1 aromatic carbocycles. The lowest BCUT2D eigenvalue weighted by atomic mass is 9.99. The molecular formula is C17H23N3O7. The Kier molecular flexibility index (Phi) is 6.80. The van der Waals surface area contributed by atoms with Gasteiger partial charge in [0.2, 0.25) is 0 Å². The molecule has 1 unspecified atom stereocenters. The molecule has 148 valence electrons. The van der Waals surface area contributed by atoms with Gasteiger partial charge in [0.05, 0.1) is 30.1 Å². The van der Waals surface area contributed by atoms with E-state index in [4.69, 9.17) is 14.6 Å². The van der Waals surface area contributed by atoms with E-state index in [1.165, 1.54) is 17.0 Å². The number of anilines is 1. The third-order valence-corrected chi connectivity index (χ3v) is 4.16. The number of piperidine rings is 1. The zero-order chi connectivity index (χ0) is 20.0. The summed E-state index contributed by atoms with van der Waals surface area (Å²) in [5, 5.41) is 23.1. The fraction of sp³-hybridized carbons (Fsp3) is 0.529. The van der Waals surface area contributed by atoms with Crippen molar-refractivity contribution < 1.29 is 29.1 Å². The van der Waals surface area contributed by atoms with E-state index >= 15 is 0 Å². The number of carboxylic acids is 1. The van der Waals surface area contributed by atoms with Gasteiger partial charge in [0.1, 0.15) is 5.69 Å². The van der Waals surface area contributed by atoms with Crippen molar-refractivity contribution in [2.75, 3.05) is 31.6 Å². The van der Waals surface area contributed by atoms with Crippen LogP contribution in [-0.4, -0.2) is 53.2 Å². The summed E-state index contributed by atoms with van der Waals surface area (Å²) in [6, 6.07) is 1.97. The number of carbonyl (C=O) groups excluding carboxylic acids is 1. The standard InChI is InChI=1S/C17H23N3O7/c1-3-26-14-8-12(13(20(24)25)9-15(14)27-4-2)18-17(23)19-7-5-6-11(10-19)16(21)22/h8-9,11H,3-7,10H2,1-2H3,(H,18,23)(H,21,22). The number of rotatable bonds is 7. The van der Waals surface area contributed by atoms with Crippen molar-refractivity contribution in [3.63, 3.8) is 0 Å². The van der Waals surface area contributed by atoms with Crippen molar-refractivity contribution in [3.05, 3.63) is 22.2 Å². The van der Waals surface area contributed by atoms with Crippen LogP contribution in [0.15, 0.2) is 12.1 Å². The van der Waals surface area contributed by atoms with Gasteiger partial charge in [0.25, 0.3) is 5.69 Å². The quantitative estimate of drug-likeness (QED) is 0.548. The summed E-state index contributed by atoms with van der Waals surface area (Å²) in [6.45, 7) is 4.57. The van der Waals surface area contributed by atoms with Crippen LogP contribution in [0.5, 0.6) is 11.5 Å². The van der Waals surface area contributed by atoms with Crippen molar-refractivity contribution in [2.45, 2.75) is 26.7 Å². The lowest BCUT2D eigenvalue weighted by Gasteiger charge is -2.30. The maximum atomic E-state index is 12.5. The number of nitrogens with zero attached hydrogens (tertiary/aromatic N) is 2. The molecule has 2 N–H and O–H groups in total. The van der Waals surface area contributed by atoms with Crippen molar-refractivity contribution in [1.82, 2.24) is 4.90 Å². The molecule has 1 saturated heterocycles. The Balaban J connectivity index is 2.27. The van der Waals surface area contributed by atoms with Gasteiger partial charge in [-0.2, -0.15) is 0 Å². The van der Waals surface area contributed by atoms with Crippen molar-refractivity contribution >= 4 is 23.4 Å². The van der Waals surface area contributed by atoms with Crippen molar-refractivity contribution in [3.8, 4) is 11.5 Å². The van der Waals surface area contributed by atoms with E-state index < -0.39 is 22.8 Å². The number of hydrogen-bond donors (Lipinski definition) is 2. The number of nitro groups is 1. The first-order valence-corrected chi connectivity index (χ1v) is 8.74. The van der Waals surface area contributed by atoms with Crippen LogP contribution in [-0.2, 0) is 4.79 Å². The Morgan fingerprint density at radius 1 is 1.30 bits per heavy atom. The van der Waals surface area contributed by atoms with E-state index in [2.05, 4.69) is 5.32 Å². The highest BCUT2D eigenvalue weighted by atomic mass is 16.6. The van der Waals surface area contributed by atoms with Crippen LogP contribution in [0.25, 0.3) is 0 Å². The number of carboxylic acid groups (broad SMARTS) is 1. The molecule has 2 rings (SSSR count). The van der Waals surface area contributed by atoms with E-state index in [9.17, 15) is 19.7 Å². The maximum absolute atomic E-state index is 12.5. The molecule has 10 nitrogen and oxygen atoms in total. The number of nitro benzene ring substituents is 1. The lowest BCUT2D eigenvalue weighted by molar-refractivity contribution is -0.384. The lowest BCUT2D eigenvalue weighted by Crippen LogP contribution is -2.44. The topological polar surface area (TPSA) is 131 Å². The Labute approximate surface area is 156 Å². The maximum Gasteiger partial charge on any atom is 0.322 e. The van der Waals surface area contributed by atoms with Gasteiger partial charge < -0.3 is 24.8 Å². The second-order valence-electron chi connectivity index (χ2n) is 5.99. The summed E-state index contributed by atoms with van der Waals surface area (Å²) >= 11 is 0. The molecule has 0 bridgehead atoms. The molecule has 10 heteroatoms. The molecule has 0 radical (unpaired) electrons. The number of amides is 2. The minimum absolute atomic E-state index is 0.0330. The zero-order valence-electron chi connectivity index (χ0n) is 15.3. The van der Waals surface area contributed by atoms with E-state index in [0.717, 1.165) is 0 Å². The Morgan fingerprint density at radius 2 is 1.93 bits per heavy atom. The van der Waals surface area contributed by atoms with Gasteiger partial charge in [-0.3, -0.25) is 14.9 Å². The minimum atomic E-state index is -0.960. The van der Waals surface area contributed by atoms with E-state index in [1.807, 2.05) is 0 Å². The molecule has 27 heavy (non-hydrogen) atoms. The number of likely N-dealkylation sites (tertiary alicyclic amines) is 1. The van der Waals surface area contributed by atoms with Crippen LogP contribution in [0, 0.1) is 16.0 Å². The average Bonchev–Trinajstić information content (AvgIpc) is 2.63. The van der Waals surface area contributed by atoms with Crippen LogP contribution < -0.4 is 14.8 Å². The van der Waals surface area contributed by atoms with Crippen LogP contribution in [0.1, 0.15) is 26.7 Å². The van der Waals surface area contributed by atoms with E-state index in [0.29, 0.717) is 32.6 Å². The molecule has 1 aromatic rings. The van der Waals surface area contributed by atoms with Crippen LogP contribution in [0.2, 0.25) is 0 Å². The summed E-state index contributed by atoms with van der Waals surface area (Å²) in [6.07, 6.45) is 1.05. The molecular weight excluding hydrogens is 358 g/mol. The van der Waals surface area contributed by atoms with Gasteiger partial charge in [-0.15, -0.1) is 0 Å². The molecule has 1 aliphatic rings. The molecule has 0 aliphatic carbocycles. The van der Waals surface area contributed by atoms with E-state index in [1.54, 1.807) is 13.8 Å². The summed E-state index contributed by atoms with van der Waals surface area (Å²) in [7, 11) is 0. The van der Waals surface area contributed by atoms with Gasteiger partial charge in [-0.05, 0) is 26.7 Å². The molecule has 1 fully saturated rings. The monoisotopic (exact) mass is 381 g/mol. The predicted molar refractivity (Wildman–Crippen MR) is 96.4 cm³/mol. The van der Waals surface area contributed by atoms with E-state index in [-0.39, 0.29) is 29.4 Å². The molecule has 1 atom stereocenters. The summed E-state index contributed by atoms with van der Waals surface area (Å²) in [5.41, 5.74) is -0.364. The fourth-order valence-corrected chi connectivity index (χ4v) is 2.89. The molecule has 2 amide bonds. The highest BCUT2D eigenvalue weighted by Gasteiger charge is 2.29. The largest absolute Gasteiger partial charge is 0.490 e. The SMILES string of the molecule is CCOc1cc(NC(=O)N2CCCC(C(=O)O)C2)c([N+](=O)[O-])cc1OCC. The molecule has 0 saturated carbocycles. The second-order valence-corrected chi connectivity index (χ2v) is 5.99. The summed E-state index contributed by atoms with van der Waals surface area (Å²) in [4.78, 5) is 35.8. The number of carbonyl (C=O) groups is 2. The van der Waals surface area contributed by atoms with Crippen molar-refractivity contribution in [1.29, 1.82) is 0 Å². The van der Waals surface area contributed by atoms with Gasteiger partial charge in [0.15, 0.2) is 11.5 Å². The van der Waals surface area contributed by atoms with Crippen LogP contribution in [0.3, 0.4) is 0 Å². The van der Waals surface area contributed by atoms with Crippen LogP contribution in [0.4, 0.5) is 16.2 Å². The van der Waals surface area contributed by atoms with Gasteiger partial charge in [-0.1, -0.05) is 0 Å². The van der Waals surface area contributed by atoms with Crippen LogP contribution >= 0.6 is 0 Å². The Morgan fingerprint density at radius 3 is 2.48 bits per heavy atom. The third kappa shape index (κ3) is 4.99. The number of benzene rings is 1. The van der Waals surface area contributed by atoms with Gasteiger partial charge in [0, 0.05) is 19.2 Å². The Hall–Kier alpha value is -3.04. The first kappa shape index (κ1) is 20.3. The van der Waals surface area contributed by atoms with Gasteiger partial charge >= 0.3 is 12.0 Å². The first-order chi connectivity index (χ1) is 12.9. The highest BCUT2D eigenvalue weighted by Crippen LogP contribution is 2.38. The smallest absolute Gasteiger partial charge is 0.322 e. The normalized spacial score (nSPS) is 16.5. The number of hydrogen-bond acceptors (Lipinski definition) is 6. The van der Waals surface area contributed by atoms with Gasteiger partial charge in [-0.25, -0.2) is 4.79 Å². The number of nitrogens with one attached hydrogen (secondary N) is 1. The second kappa shape index (κ2) is 9.06. The first-order valence-electron chi connectivity index (χ1n) is 8.74. The summed E-state index contributed by atoms with van der Waals surface area (Å²) in [5.74, 6) is -1.10. The average molecular weight is 381 g/mol. The Bertz CT molecular complexity index is 723. The number of aliphatic carboxylic acids is 1. The molecule has 1 heterocycles. The number of urea groups is 1. The highest BCUT2D eigenvalue weighted by molar-refractivity contribution is 5.93. The fourth-order valence-electron chi connectivity index (χ4n) is 2.89. The number of ether oxygens (including phenoxy) is 2. The summed E-state index contributed by atoms with van der Waals surface area (Å²) < 4.78 is 10.8. The zero-order valence-corrected chi connectivity index (χ0v) is 15.3. The minimum Gasteiger partial charge on any atom is -0.490 e. The molecule has 0 aromatic heterocycles. The third-order valence-electron chi connectivity index (χ3n) is 4.16. The molecule has 0 spiro atoms. The van der Waals surface area contributed by atoms with Crippen molar-refractivity contribution in [2.24, 2.45) is 5.92 Å². The molecule has 1 aliphatic heterocycles.